The smallest absolute Gasteiger partial charge is 0.348 e. The molecule has 1 heterocycles. The van der Waals surface area contributed by atoms with E-state index in [-0.39, 0.29) is 17.7 Å². The number of hydrogen-bond donors (Lipinski definition) is 0. The molecule has 0 atom stereocenters. The summed E-state index contributed by atoms with van der Waals surface area (Å²) < 4.78 is 6.04. The Kier molecular flexibility index (Phi) is 5.05. The highest BCUT2D eigenvalue weighted by Crippen LogP contribution is 2.22. The Balaban J connectivity index is 2.62. The number of rotatable bonds is 4. The van der Waals surface area contributed by atoms with Crippen LogP contribution < -0.4 is 5.56 Å². The zero-order valence-corrected chi connectivity index (χ0v) is 12.8. The molecule has 0 amide bonds. The van der Waals surface area contributed by atoms with E-state index in [1.807, 2.05) is 30.3 Å². The van der Waals surface area contributed by atoms with Gasteiger partial charge < -0.3 is 4.74 Å². The molecule has 1 aromatic heterocycles. The van der Waals surface area contributed by atoms with Gasteiger partial charge in [-0.2, -0.15) is 10.4 Å². The van der Waals surface area contributed by atoms with Crippen molar-refractivity contribution >= 4 is 12.0 Å². The molecular formula is C17H15N3O3. The van der Waals surface area contributed by atoms with Crippen LogP contribution >= 0.6 is 0 Å². The van der Waals surface area contributed by atoms with Gasteiger partial charge in [0, 0.05) is 24.2 Å². The lowest BCUT2D eigenvalue weighted by Gasteiger charge is -2.08. The number of benzene rings is 1. The quantitative estimate of drug-likeness (QED) is 0.489. The molecule has 6 nitrogen and oxygen atoms in total. The summed E-state index contributed by atoms with van der Waals surface area (Å²) in [6.45, 7) is 1.82. The lowest BCUT2D eigenvalue weighted by Crippen LogP contribution is -2.20. The largest absolute Gasteiger partial charge is 0.462 e. The molecule has 0 spiro atoms. The van der Waals surface area contributed by atoms with Crippen LogP contribution in [0.25, 0.3) is 17.3 Å². The molecule has 0 radical (unpaired) electrons. The fraction of sp³-hybridized carbons (Fsp3) is 0.176. The van der Waals surface area contributed by atoms with Gasteiger partial charge in [0.25, 0.3) is 5.56 Å². The number of carbonyl (C=O) groups is 1. The Bertz CT molecular complexity index is 846. The van der Waals surface area contributed by atoms with E-state index in [0.29, 0.717) is 11.3 Å². The number of nitriles is 1. The molecule has 0 bridgehead atoms. The number of nitrogens with zero attached hydrogens (tertiary/aromatic N) is 3. The molecule has 0 aliphatic rings. The first-order valence-corrected chi connectivity index (χ1v) is 6.99. The van der Waals surface area contributed by atoms with E-state index in [9.17, 15) is 9.59 Å². The van der Waals surface area contributed by atoms with Crippen LogP contribution in [0.2, 0.25) is 0 Å². The van der Waals surface area contributed by atoms with Gasteiger partial charge in [-0.1, -0.05) is 30.3 Å². The highest BCUT2D eigenvalue weighted by molar-refractivity contribution is 5.98. The summed E-state index contributed by atoms with van der Waals surface area (Å²) in [4.78, 5) is 23.6. The molecule has 0 unspecified atom stereocenters. The monoisotopic (exact) mass is 309 g/mol. The van der Waals surface area contributed by atoms with Crippen LogP contribution in [0.3, 0.4) is 0 Å². The Morgan fingerprint density at radius 1 is 1.39 bits per heavy atom. The van der Waals surface area contributed by atoms with E-state index in [4.69, 9.17) is 10.00 Å². The normalized spacial score (nSPS) is 10.9. The summed E-state index contributed by atoms with van der Waals surface area (Å²) in [5.74, 6) is -0.727. The summed E-state index contributed by atoms with van der Waals surface area (Å²) in [5.41, 5.74) is 1.15. The van der Waals surface area contributed by atoms with Crippen molar-refractivity contribution in [2.75, 3.05) is 6.61 Å². The minimum Gasteiger partial charge on any atom is -0.462 e. The first kappa shape index (κ1) is 16.2. The number of hydrogen-bond acceptors (Lipinski definition) is 5. The second kappa shape index (κ2) is 7.18. The topological polar surface area (TPSA) is 85.0 Å². The van der Waals surface area contributed by atoms with Crippen LogP contribution in [-0.4, -0.2) is 22.4 Å². The van der Waals surface area contributed by atoms with Crippen molar-refractivity contribution in [3.8, 4) is 17.3 Å². The maximum Gasteiger partial charge on any atom is 0.348 e. The Hall–Kier alpha value is -3.20. The van der Waals surface area contributed by atoms with E-state index in [2.05, 4.69) is 5.10 Å². The summed E-state index contributed by atoms with van der Waals surface area (Å²) in [7, 11) is 1.54. The zero-order chi connectivity index (χ0) is 16.8. The Morgan fingerprint density at radius 3 is 2.70 bits per heavy atom. The minimum absolute atomic E-state index is 0.165. The lowest BCUT2D eigenvalue weighted by molar-refractivity contribution is -0.137. The van der Waals surface area contributed by atoms with Gasteiger partial charge in [-0.3, -0.25) is 4.79 Å². The molecule has 0 aliphatic heterocycles. The molecule has 116 valence electrons. The molecule has 6 heteroatoms. The SMILES string of the molecule is CCOC(=O)/C(C#N)=C/c1cc(=O)n(C)nc1-c1ccccc1. The summed E-state index contributed by atoms with van der Waals surface area (Å²) >= 11 is 0. The molecule has 0 aliphatic carbocycles. The average molecular weight is 309 g/mol. The van der Waals surface area contributed by atoms with Gasteiger partial charge in [-0.05, 0) is 13.0 Å². The fourth-order valence-electron chi connectivity index (χ4n) is 1.98. The van der Waals surface area contributed by atoms with Crippen molar-refractivity contribution in [3.05, 3.63) is 57.9 Å². The van der Waals surface area contributed by atoms with Gasteiger partial charge in [0.05, 0.1) is 12.3 Å². The predicted octanol–water partition coefficient (Wildman–Crippen LogP) is 1.92. The van der Waals surface area contributed by atoms with Gasteiger partial charge in [0.15, 0.2) is 0 Å². The van der Waals surface area contributed by atoms with Crippen molar-refractivity contribution in [1.82, 2.24) is 9.78 Å². The number of aromatic nitrogens is 2. The van der Waals surface area contributed by atoms with E-state index in [0.717, 1.165) is 5.56 Å². The predicted molar refractivity (Wildman–Crippen MR) is 85.1 cm³/mol. The van der Waals surface area contributed by atoms with Crippen LogP contribution in [0.4, 0.5) is 0 Å². The van der Waals surface area contributed by atoms with Crippen molar-refractivity contribution in [3.63, 3.8) is 0 Å². The summed E-state index contributed by atoms with van der Waals surface area (Å²) in [5, 5.41) is 13.4. The number of aryl methyl sites for hydroxylation is 1. The third-order valence-electron chi connectivity index (χ3n) is 3.08. The molecule has 0 saturated carbocycles. The van der Waals surface area contributed by atoms with E-state index >= 15 is 0 Å². The van der Waals surface area contributed by atoms with Gasteiger partial charge in [-0.15, -0.1) is 0 Å². The molecule has 2 aromatic rings. The Labute approximate surface area is 133 Å². The molecule has 0 N–H and O–H groups in total. The third-order valence-corrected chi connectivity index (χ3v) is 3.08. The first-order chi connectivity index (χ1) is 11.1. The molecular weight excluding hydrogens is 294 g/mol. The molecule has 1 aromatic carbocycles. The second-order valence-electron chi connectivity index (χ2n) is 4.67. The van der Waals surface area contributed by atoms with Crippen LogP contribution in [0.5, 0.6) is 0 Å². The maximum absolute atomic E-state index is 11.9. The van der Waals surface area contributed by atoms with Crippen LogP contribution in [0.15, 0.2) is 46.8 Å². The number of esters is 1. The van der Waals surface area contributed by atoms with Crippen molar-refractivity contribution in [2.45, 2.75) is 6.92 Å². The molecule has 0 fully saturated rings. The third kappa shape index (κ3) is 3.71. The summed E-state index contributed by atoms with van der Waals surface area (Å²) in [6.07, 6.45) is 1.33. The van der Waals surface area contributed by atoms with Crippen LogP contribution in [-0.2, 0) is 16.6 Å². The van der Waals surface area contributed by atoms with E-state index in [1.54, 1.807) is 20.0 Å². The zero-order valence-electron chi connectivity index (χ0n) is 12.8. The Morgan fingerprint density at radius 2 is 2.09 bits per heavy atom. The molecule has 2 rings (SSSR count). The maximum atomic E-state index is 11.9. The van der Waals surface area contributed by atoms with E-state index in [1.165, 1.54) is 16.8 Å². The van der Waals surface area contributed by atoms with Gasteiger partial charge >= 0.3 is 5.97 Å². The standard InChI is InChI=1S/C17H15N3O3/c1-3-23-17(22)14(11-18)9-13-10-15(21)20(2)19-16(13)12-7-5-4-6-8-12/h4-10H,3H2,1-2H3/b14-9+. The highest BCUT2D eigenvalue weighted by atomic mass is 16.5. The van der Waals surface area contributed by atoms with Crippen molar-refractivity contribution in [2.24, 2.45) is 7.05 Å². The van der Waals surface area contributed by atoms with Crippen molar-refractivity contribution in [1.29, 1.82) is 5.26 Å². The fourth-order valence-corrected chi connectivity index (χ4v) is 1.98. The highest BCUT2D eigenvalue weighted by Gasteiger charge is 2.14. The molecule has 23 heavy (non-hydrogen) atoms. The minimum atomic E-state index is -0.727. The van der Waals surface area contributed by atoms with Crippen LogP contribution in [0, 0.1) is 11.3 Å². The van der Waals surface area contributed by atoms with Gasteiger partial charge in [0.1, 0.15) is 11.6 Å². The molecule has 0 saturated heterocycles. The number of carbonyl (C=O) groups excluding carboxylic acids is 1. The van der Waals surface area contributed by atoms with Crippen LogP contribution in [0.1, 0.15) is 12.5 Å². The lowest BCUT2D eigenvalue weighted by atomic mass is 10.0. The first-order valence-electron chi connectivity index (χ1n) is 6.99. The van der Waals surface area contributed by atoms with Gasteiger partial charge in [0.2, 0.25) is 0 Å². The van der Waals surface area contributed by atoms with Crippen molar-refractivity contribution < 1.29 is 9.53 Å². The second-order valence-corrected chi connectivity index (χ2v) is 4.67. The van der Waals surface area contributed by atoms with Gasteiger partial charge in [-0.25, -0.2) is 9.48 Å². The average Bonchev–Trinajstić information content (AvgIpc) is 2.56. The summed E-state index contributed by atoms with van der Waals surface area (Å²) in [6, 6.07) is 12.3. The number of ether oxygens (including phenoxy) is 1. The van der Waals surface area contributed by atoms with E-state index < -0.39 is 5.97 Å².